The van der Waals surface area contributed by atoms with Gasteiger partial charge in [0, 0.05) is 6.20 Å². The lowest BCUT2D eigenvalue weighted by Crippen LogP contribution is -2.37. The van der Waals surface area contributed by atoms with E-state index in [0.717, 1.165) is 0 Å². The molecule has 0 aliphatic carbocycles. The molecule has 1 rings (SSSR count). The van der Waals surface area contributed by atoms with Gasteiger partial charge in [0.05, 0.1) is 6.54 Å². The van der Waals surface area contributed by atoms with Crippen molar-refractivity contribution in [2.45, 2.75) is 12.7 Å². The standard InChI is InChI=1S/C8H6F3N3O4/c9-8(10,11)7(18)13-2-4-12-1-3(6(16)17)5(15)14-4/h1H,2H2,(H,13,18)(H,16,17)(H,12,14,15). The van der Waals surface area contributed by atoms with Gasteiger partial charge in [-0.2, -0.15) is 13.2 Å². The van der Waals surface area contributed by atoms with Crippen molar-refractivity contribution in [1.29, 1.82) is 0 Å². The Hall–Kier alpha value is -2.39. The molecule has 1 aromatic rings. The second kappa shape index (κ2) is 4.85. The van der Waals surface area contributed by atoms with Crippen molar-refractivity contribution in [2.24, 2.45) is 0 Å². The van der Waals surface area contributed by atoms with Crippen molar-refractivity contribution >= 4 is 11.9 Å². The van der Waals surface area contributed by atoms with E-state index < -0.39 is 35.7 Å². The number of H-pyrrole nitrogens is 1. The number of alkyl halides is 3. The Morgan fingerprint density at radius 1 is 1.44 bits per heavy atom. The van der Waals surface area contributed by atoms with Crippen LogP contribution in [0.3, 0.4) is 0 Å². The van der Waals surface area contributed by atoms with Gasteiger partial charge in [0.2, 0.25) is 0 Å². The van der Waals surface area contributed by atoms with Gasteiger partial charge in [-0.1, -0.05) is 0 Å². The van der Waals surface area contributed by atoms with Crippen LogP contribution in [0.25, 0.3) is 0 Å². The molecule has 0 bridgehead atoms. The molecule has 7 nitrogen and oxygen atoms in total. The number of carboxylic acid groups (broad SMARTS) is 1. The molecule has 18 heavy (non-hydrogen) atoms. The first-order valence-corrected chi connectivity index (χ1v) is 4.38. The Balaban J connectivity index is 2.77. The third kappa shape index (κ3) is 3.30. The van der Waals surface area contributed by atoms with Crippen LogP contribution in [0.15, 0.2) is 11.0 Å². The number of halogens is 3. The number of aromatic amines is 1. The van der Waals surface area contributed by atoms with E-state index >= 15 is 0 Å². The van der Waals surface area contributed by atoms with Crippen LogP contribution in [0.1, 0.15) is 16.2 Å². The molecule has 0 radical (unpaired) electrons. The molecule has 98 valence electrons. The van der Waals surface area contributed by atoms with Gasteiger partial charge in [0.15, 0.2) is 0 Å². The first-order chi connectivity index (χ1) is 8.21. The molecule has 0 aromatic carbocycles. The van der Waals surface area contributed by atoms with Crippen LogP contribution in [0.5, 0.6) is 0 Å². The number of carboxylic acids is 1. The second-order valence-corrected chi connectivity index (χ2v) is 3.06. The Labute approximate surface area is 96.7 Å². The van der Waals surface area contributed by atoms with Crippen molar-refractivity contribution in [2.75, 3.05) is 0 Å². The summed E-state index contributed by atoms with van der Waals surface area (Å²) in [6.45, 7) is -0.673. The fourth-order valence-electron chi connectivity index (χ4n) is 0.938. The van der Waals surface area contributed by atoms with Gasteiger partial charge in [-0.05, 0) is 0 Å². The minimum absolute atomic E-state index is 0.289. The van der Waals surface area contributed by atoms with E-state index in [1.165, 1.54) is 5.32 Å². The largest absolute Gasteiger partial charge is 0.477 e. The monoisotopic (exact) mass is 265 g/mol. The predicted molar refractivity (Wildman–Crippen MR) is 49.7 cm³/mol. The molecule has 0 aliphatic heterocycles. The molecular formula is C8H6F3N3O4. The molecule has 1 amide bonds. The molecule has 0 unspecified atom stereocenters. The molecule has 0 atom stereocenters. The summed E-state index contributed by atoms with van der Waals surface area (Å²) < 4.78 is 35.5. The van der Waals surface area contributed by atoms with Crippen LogP contribution in [0.4, 0.5) is 13.2 Å². The van der Waals surface area contributed by atoms with Gasteiger partial charge in [-0.25, -0.2) is 9.78 Å². The number of aromatic nitrogens is 2. The minimum atomic E-state index is -5.04. The highest BCUT2D eigenvalue weighted by Crippen LogP contribution is 2.14. The molecule has 10 heteroatoms. The van der Waals surface area contributed by atoms with Gasteiger partial charge < -0.3 is 15.4 Å². The topological polar surface area (TPSA) is 112 Å². The smallest absolute Gasteiger partial charge is 0.471 e. The number of nitrogens with zero attached hydrogens (tertiary/aromatic N) is 1. The first-order valence-electron chi connectivity index (χ1n) is 4.38. The van der Waals surface area contributed by atoms with Crippen LogP contribution in [-0.4, -0.2) is 33.1 Å². The Morgan fingerprint density at radius 2 is 2.06 bits per heavy atom. The van der Waals surface area contributed by atoms with Crippen molar-refractivity contribution < 1.29 is 27.9 Å². The van der Waals surface area contributed by atoms with E-state index in [9.17, 15) is 27.6 Å². The highest BCUT2D eigenvalue weighted by atomic mass is 19.4. The van der Waals surface area contributed by atoms with Gasteiger partial charge in [0.25, 0.3) is 5.56 Å². The van der Waals surface area contributed by atoms with E-state index in [-0.39, 0.29) is 5.82 Å². The average Bonchev–Trinajstić information content (AvgIpc) is 2.24. The zero-order chi connectivity index (χ0) is 13.9. The molecule has 0 saturated heterocycles. The highest BCUT2D eigenvalue weighted by molar-refractivity contribution is 5.86. The summed E-state index contributed by atoms with van der Waals surface area (Å²) >= 11 is 0. The summed E-state index contributed by atoms with van der Waals surface area (Å²) in [7, 11) is 0. The molecule has 0 saturated carbocycles. The summed E-state index contributed by atoms with van der Waals surface area (Å²) in [4.78, 5) is 37.3. The van der Waals surface area contributed by atoms with Gasteiger partial charge >= 0.3 is 18.1 Å². The number of nitrogens with one attached hydrogen (secondary N) is 2. The third-order valence-electron chi connectivity index (χ3n) is 1.76. The van der Waals surface area contributed by atoms with E-state index in [0.29, 0.717) is 6.20 Å². The van der Waals surface area contributed by atoms with Crippen LogP contribution in [0, 0.1) is 0 Å². The maximum Gasteiger partial charge on any atom is 0.471 e. The van der Waals surface area contributed by atoms with Gasteiger partial charge in [-0.15, -0.1) is 0 Å². The van der Waals surface area contributed by atoms with Crippen molar-refractivity contribution in [3.63, 3.8) is 0 Å². The van der Waals surface area contributed by atoms with E-state index in [4.69, 9.17) is 5.11 Å². The van der Waals surface area contributed by atoms with E-state index in [1.54, 1.807) is 0 Å². The summed E-state index contributed by atoms with van der Waals surface area (Å²) in [6.07, 6.45) is -4.35. The molecule has 1 aromatic heterocycles. The Kier molecular flexibility index (Phi) is 3.69. The number of carbonyl (C=O) groups is 2. The maximum atomic E-state index is 11.8. The quantitative estimate of drug-likeness (QED) is 0.691. The van der Waals surface area contributed by atoms with E-state index in [1.807, 2.05) is 4.98 Å². The summed E-state index contributed by atoms with van der Waals surface area (Å²) in [5, 5.41) is 9.97. The fraction of sp³-hybridized carbons (Fsp3) is 0.250. The lowest BCUT2D eigenvalue weighted by atomic mass is 10.3. The molecule has 1 heterocycles. The normalized spacial score (nSPS) is 11.1. The molecule has 0 spiro atoms. The van der Waals surface area contributed by atoms with Crippen molar-refractivity contribution in [3.8, 4) is 0 Å². The van der Waals surface area contributed by atoms with Gasteiger partial charge in [0.1, 0.15) is 11.4 Å². The summed E-state index contributed by atoms with van der Waals surface area (Å²) in [5.41, 5.74) is -1.67. The van der Waals surface area contributed by atoms with Crippen molar-refractivity contribution in [3.05, 3.63) is 27.9 Å². The Morgan fingerprint density at radius 3 is 2.50 bits per heavy atom. The van der Waals surface area contributed by atoms with Gasteiger partial charge in [-0.3, -0.25) is 9.59 Å². The zero-order valence-corrected chi connectivity index (χ0v) is 8.54. The number of aromatic carboxylic acids is 1. The lowest BCUT2D eigenvalue weighted by molar-refractivity contribution is -0.173. The SMILES string of the molecule is O=C(O)c1cnc(CNC(=O)C(F)(F)F)[nH]c1=O. The predicted octanol–water partition coefficient (Wildman–Crippen LogP) is -0.353. The third-order valence-corrected chi connectivity index (χ3v) is 1.76. The molecular weight excluding hydrogens is 259 g/mol. The fourth-order valence-corrected chi connectivity index (χ4v) is 0.938. The molecule has 0 fully saturated rings. The second-order valence-electron chi connectivity index (χ2n) is 3.06. The molecule has 3 N–H and O–H groups in total. The van der Waals surface area contributed by atoms with Crippen LogP contribution in [0.2, 0.25) is 0 Å². The number of carbonyl (C=O) groups excluding carboxylic acids is 1. The Bertz CT molecular complexity index is 537. The minimum Gasteiger partial charge on any atom is -0.477 e. The summed E-state index contributed by atoms with van der Waals surface area (Å²) in [6, 6.07) is 0. The number of amides is 1. The zero-order valence-electron chi connectivity index (χ0n) is 8.54. The van der Waals surface area contributed by atoms with Crippen LogP contribution >= 0.6 is 0 Å². The van der Waals surface area contributed by atoms with Crippen LogP contribution in [-0.2, 0) is 11.3 Å². The average molecular weight is 265 g/mol. The van der Waals surface area contributed by atoms with Crippen LogP contribution < -0.4 is 10.9 Å². The number of rotatable bonds is 3. The summed E-state index contributed by atoms with van der Waals surface area (Å²) in [5.74, 6) is -4.00. The maximum absolute atomic E-state index is 11.8. The van der Waals surface area contributed by atoms with Crippen molar-refractivity contribution in [1.82, 2.24) is 15.3 Å². The first kappa shape index (κ1) is 13.7. The lowest BCUT2D eigenvalue weighted by Gasteiger charge is -2.07. The molecule has 0 aliphatic rings. The number of hydrogen-bond acceptors (Lipinski definition) is 4. The highest BCUT2D eigenvalue weighted by Gasteiger charge is 2.38. The number of hydrogen-bond donors (Lipinski definition) is 3. The van der Waals surface area contributed by atoms with E-state index in [2.05, 4.69) is 4.98 Å².